The number of pyridine rings is 1. The highest BCUT2D eigenvalue weighted by Crippen LogP contribution is 2.16. The molecular formula is C11H16ClN3O2. The Hall–Kier alpha value is -1.33. The molecule has 1 unspecified atom stereocenters. The van der Waals surface area contributed by atoms with Crippen molar-refractivity contribution in [1.29, 1.82) is 0 Å². The number of carboxylic acid groups (broad SMARTS) is 1. The van der Waals surface area contributed by atoms with Crippen LogP contribution in [-0.2, 0) is 0 Å². The van der Waals surface area contributed by atoms with Crippen LogP contribution in [0.15, 0.2) is 12.1 Å². The molecule has 2 N–H and O–H groups in total. The lowest BCUT2D eigenvalue weighted by atomic mass is 10.2. The first kappa shape index (κ1) is 13.7. The van der Waals surface area contributed by atoms with Crippen LogP contribution in [0.3, 0.4) is 0 Å². The van der Waals surface area contributed by atoms with E-state index in [9.17, 15) is 4.79 Å². The molecule has 0 bridgehead atoms. The van der Waals surface area contributed by atoms with Crippen molar-refractivity contribution in [2.24, 2.45) is 0 Å². The first-order valence-electron chi connectivity index (χ1n) is 5.22. The van der Waals surface area contributed by atoms with Gasteiger partial charge in [0.2, 0.25) is 0 Å². The zero-order chi connectivity index (χ0) is 13.0. The molecule has 0 saturated carbocycles. The van der Waals surface area contributed by atoms with E-state index in [1.165, 1.54) is 12.1 Å². The van der Waals surface area contributed by atoms with Crippen LogP contribution >= 0.6 is 11.6 Å². The standard InChI is InChI=1S/C11H16ClN3O2/c1-7(15(2)3)6-13-10-8(11(16)17)4-5-9(12)14-10/h4-5,7H,6H2,1-3H3,(H,13,14)(H,16,17). The van der Waals surface area contributed by atoms with Gasteiger partial charge < -0.3 is 15.3 Å². The van der Waals surface area contributed by atoms with Crippen molar-refractivity contribution < 1.29 is 9.90 Å². The van der Waals surface area contributed by atoms with E-state index < -0.39 is 5.97 Å². The second-order valence-electron chi connectivity index (χ2n) is 4.03. The van der Waals surface area contributed by atoms with E-state index >= 15 is 0 Å². The van der Waals surface area contributed by atoms with Crippen LogP contribution in [0.2, 0.25) is 5.15 Å². The second kappa shape index (κ2) is 5.84. The minimum Gasteiger partial charge on any atom is -0.478 e. The van der Waals surface area contributed by atoms with Crippen LogP contribution in [0, 0.1) is 0 Å². The van der Waals surface area contributed by atoms with Gasteiger partial charge in [0.15, 0.2) is 0 Å². The Labute approximate surface area is 105 Å². The number of halogens is 1. The minimum absolute atomic E-state index is 0.125. The number of hydrogen-bond donors (Lipinski definition) is 2. The Morgan fingerprint density at radius 3 is 2.76 bits per heavy atom. The summed E-state index contributed by atoms with van der Waals surface area (Å²) < 4.78 is 0. The molecule has 1 heterocycles. The van der Waals surface area contributed by atoms with Gasteiger partial charge >= 0.3 is 5.97 Å². The quantitative estimate of drug-likeness (QED) is 0.788. The van der Waals surface area contributed by atoms with Crippen LogP contribution < -0.4 is 5.32 Å². The SMILES string of the molecule is CC(CNc1nc(Cl)ccc1C(=O)O)N(C)C. The molecule has 0 radical (unpaired) electrons. The van der Waals surface area contributed by atoms with Gasteiger partial charge in [-0.25, -0.2) is 9.78 Å². The van der Waals surface area contributed by atoms with Gasteiger partial charge in [-0.2, -0.15) is 0 Å². The zero-order valence-corrected chi connectivity index (χ0v) is 10.8. The van der Waals surface area contributed by atoms with Gasteiger partial charge in [0.05, 0.1) is 0 Å². The molecule has 6 heteroatoms. The summed E-state index contributed by atoms with van der Waals surface area (Å²) in [6, 6.07) is 3.17. The van der Waals surface area contributed by atoms with Gasteiger partial charge in [0.25, 0.3) is 0 Å². The molecule has 0 amide bonds. The highest BCUT2D eigenvalue weighted by atomic mass is 35.5. The molecule has 0 aliphatic heterocycles. The molecule has 94 valence electrons. The lowest BCUT2D eigenvalue weighted by molar-refractivity contribution is 0.0697. The molecule has 0 saturated heterocycles. The Bertz CT molecular complexity index is 410. The van der Waals surface area contributed by atoms with E-state index in [4.69, 9.17) is 16.7 Å². The number of nitrogens with zero attached hydrogens (tertiary/aromatic N) is 2. The number of likely N-dealkylation sites (N-methyl/N-ethyl adjacent to an activating group) is 1. The summed E-state index contributed by atoms with van der Waals surface area (Å²) in [4.78, 5) is 17.0. The maximum Gasteiger partial charge on any atom is 0.339 e. The minimum atomic E-state index is -1.02. The third-order valence-corrected chi connectivity index (χ3v) is 2.75. The molecule has 1 atom stereocenters. The third-order valence-electron chi connectivity index (χ3n) is 2.54. The average Bonchev–Trinajstić information content (AvgIpc) is 2.25. The number of aromatic nitrogens is 1. The van der Waals surface area contributed by atoms with Gasteiger partial charge in [0.1, 0.15) is 16.5 Å². The molecule has 1 rings (SSSR count). The van der Waals surface area contributed by atoms with Gasteiger partial charge in [-0.05, 0) is 33.2 Å². The maximum atomic E-state index is 11.0. The van der Waals surface area contributed by atoms with E-state index in [1.807, 2.05) is 25.9 Å². The van der Waals surface area contributed by atoms with E-state index in [0.717, 1.165) is 0 Å². The predicted octanol–water partition coefficient (Wildman–Crippen LogP) is 1.80. The van der Waals surface area contributed by atoms with Gasteiger partial charge in [-0.3, -0.25) is 0 Å². The highest BCUT2D eigenvalue weighted by molar-refractivity contribution is 6.29. The fourth-order valence-corrected chi connectivity index (χ4v) is 1.32. The zero-order valence-electron chi connectivity index (χ0n) is 10.1. The molecule has 5 nitrogen and oxygen atoms in total. The first-order chi connectivity index (χ1) is 7.91. The largest absolute Gasteiger partial charge is 0.478 e. The van der Waals surface area contributed by atoms with Crippen molar-refractivity contribution in [3.05, 3.63) is 22.8 Å². The lowest BCUT2D eigenvalue weighted by Crippen LogP contribution is -2.32. The van der Waals surface area contributed by atoms with Crippen LogP contribution in [0.1, 0.15) is 17.3 Å². The Balaban J connectivity index is 2.82. The van der Waals surface area contributed by atoms with Crippen LogP contribution in [0.25, 0.3) is 0 Å². The Morgan fingerprint density at radius 1 is 1.59 bits per heavy atom. The van der Waals surface area contributed by atoms with E-state index in [-0.39, 0.29) is 16.8 Å². The van der Waals surface area contributed by atoms with Crippen LogP contribution in [0.4, 0.5) is 5.82 Å². The van der Waals surface area contributed by atoms with Gasteiger partial charge in [-0.1, -0.05) is 11.6 Å². The van der Waals surface area contributed by atoms with Crippen LogP contribution in [0.5, 0.6) is 0 Å². The molecule has 1 aromatic rings. The summed E-state index contributed by atoms with van der Waals surface area (Å²) in [6.07, 6.45) is 0. The number of hydrogen-bond acceptors (Lipinski definition) is 4. The normalized spacial score (nSPS) is 12.5. The number of rotatable bonds is 5. The smallest absolute Gasteiger partial charge is 0.339 e. The monoisotopic (exact) mass is 257 g/mol. The van der Waals surface area contributed by atoms with E-state index in [2.05, 4.69) is 10.3 Å². The summed E-state index contributed by atoms with van der Waals surface area (Å²) in [6.45, 7) is 2.62. The number of nitrogens with one attached hydrogen (secondary N) is 1. The number of carboxylic acids is 1. The van der Waals surface area contributed by atoms with Crippen molar-refractivity contribution in [2.45, 2.75) is 13.0 Å². The van der Waals surface area contributed by atoms with Crippen molar-refractivity contribution in [2.75, 3.05) is 26.0 Å². The summed E-state index contributed by atoms with van der Waals surface area (Å²) in [5, 5.41) is 12.3. The molecule has 0 aliphatic rings. The average molecular weight is 258 g/mol. The summed E-state index contributed by atoms with van der Waals surface area (Å²) >= 11 is 5.74. The van der Waals surface area contributed by atoms with Crippen LogP contribution in [-0.4, -0.2) is 47.6 Å². The van der Waals surface area contributed by atoms with Crippen molar-refractivity contribution in [3.8, 4) is 0 Å². The topological polar surface area (TPSA) is 65.5 Å². The number of aromatic carboxylic acids is 1. The first-order valence-corrected chi connectivity index (χ1v) is 5.59. The van der Waals surface area contributed by atoms with E-state index in [0.29, 0.717) is 12.4 Å². The molecule has 1 aromatic heterocycles. The van der Waals surface area contributed by atoms with Gasteiger partial charge in [0, 0.05) is 12.6 Å². The molecular weight excluding hydrogens is 242 g/mol. The molecule has 0 aliphatic carbocycles. The Morgan fingerprint density at radius 2 is 2.24 bits per heavy atom. The number of anilines is 1. The fourth-order valence-electron chi connectivity index (χ4n) is 1.17. The Kier molecular flexibility index (Phi) is 4.72. The van der Waals surface area contributed by atoms with Crippen molar-refractivity contribution in [1.82, 2.24) is 9.88 Å². The maximum absolute atomic E-state index is 11.0. The molecule has 0 aromatic carbocycles. The number of carbonyl (C=O) groups is 1. The molecule has 17 heavy (non-hydrogen) atoms. The molecule has 0 spiro atoms. The molecule has 0 fully saturated rings. The van der Waals surface area contributed by atoms with Gasteiger partial charge in [-0.15, -0.1) is 0 Å². The predicted molar refractivity (Wildman–Crippen MR) is 67.8 cm³/mol. The third kappa shape index (κ3) is 3.87. The highest BCUT2D eigenvalue weighted by Gasteiger charge is 2.13. The summed E-state index contributed by atoms with van der Waals surface area (Å²) in [5.41, 5.74) is 0.125. The summed E-state index contributed by atoms with van der Waals surface area (Å²) in [5.74, 6) is -0.715. The summed E-state index contributed by atoms with van der Waals surface area (Å²) in [7, 11) is 3.91. The second-order valence-corrected chi connectivity index (χ2v) is 4.42. The fraction of sp³-hybridized carbons (Fsp3) is 0.455. The lowest BCUT2D eigenvalue weighted by Gasteiger charge is -2.20. The van der Waals surface area contributed by atoms with Crippen molar-refractivity contribution in [3.63, 3.8) is 0 Å². The van der Waals surface area contributed by atoms with E-state index in [1.54, 1.807) is 0 Å². The van der Waals surface area contributed by atoms with Crippen molar-refractivity contribution >= 4 is 23.4 Å².